The summed E-state index contributed by atoms with van der Waals surface area (Å²) >= 11 is 0. The van der Waals surface area contributed by atoms with Gasteiger partial charge in [0, 0.05) is 18.0 Å². The van der Waals surface area contributed by atoms with E-state index in [1.165, 1.54) is 18.4 Å². The largest absolute Gasteiger partial charge is 0.314 e. The molecule has 0 saturated carbocycles. The van der Waals surface area contributed by atoms with Gasteiger partial charge in [0.2, 0.25) is 0 Å². The van der Waals surface area contributed by atoms with Gasteiger partial charge in [-0.2, -0.15) is 0 Å². The molecule has 98 valence electrons. The first-order chi connectivity index (χ1) is 8.79. The summed E-state index contributed by atoms with van der Waals surface area (Å²) in [4.78, 5) is 12.1. The smallest absolute Gasteiger partial charge is 0.164 e. The number of piperidine rings is 1. The van der Waals surface area contributed by atoms with E-state index in [9.17, 15) is 4.79 Å². The van der Waals surface area contributed by atoms with E-state index in [2.05, 4.69) is 24.4 Å². The summed E-state index contributed by atoms with van der Waals surface area (Å²) in [5.74, 6) is 0.275. The highest BCUT2D eigenvalue weighted by atomic mass is 16.1. The number of Topliss-reactive ketones (excluding diaryl/α,β-unsaturated/α-hetero) is 1. The maximum Gasteiger partial charge on any atom is 0.164 e. The van der Waals surface area contributed by atoms with Gasteiger partial charge in [0.1, 0.15) is 0 Å². The lowest BCUT2D eigenvalue weighted by atomic mass is 9.96. The van der Waals surface area contributed by atoms with Crippen LogP contribution < -0.4 is 5.32 Å². The second-order valence-corrected chi connectivity index (χ2v) is 5.22. The highest BCUT2D eigenvalue weighted by molar-refractivity contribution is 5.96. The van der Waals surface area contributed by atoms with Crippen LogP contribution in [0.3, 0.4) is 0 Å². The fraction of sp³-hybridized carbons (Fsp3) is 0.562. The number of carbonyl (C=O) groups excluding carboxylic acids is 1. The van der Waals surface area contributed by atoms with Gasteiger partial charge in [-0.3, -0.25) is 4.79 Å². The molecule has 1 heterocycles. The van der Waals surface area contributed by atoms with Gasteiger partial charge in [-0.15, -0.1) is 0 Å². The lowest BCUT2D eigenvalue weighted by Gasteiger charge is -2.22. The molecule has 2 nitrogen and oxygen atoms in total. The van der Waals surface area contributed by atoms with Crippen molar-refractivity contribution in [1.82, 2.24) is 5.32 Å². The van der Waals surface area contributed by atoms with Crippen LogP contribution in [-0.2, 0) is 6.42 Å². The minimum Gasteiger partial charge on any atom is -0.314 e. The molecule has 0 bridgehead atoms. The molecule has 1 saturated heterocycles. The maximum atomic E-state index is 12.1. The van der Waals surface area contributed by atoms with Gasteiger partial charge in [0.15, 0.2) is 5.78 Å². The highest BCUT2D eigenvalue weighted by Gasteiger charge is 2.17. The summed E-state index contributed by atoms with van der Waals surface area (Å²) in [5.41, 5.74) is 2.19. The number of ketones is 1. The summed E-state index contributed by atoms with van der Waals surface area (Å²) in [6.45, 7) is 3.24. The SMILES string of the molecule is CCCc1ccc(C(=O)CC2CCCCN2)cc1. The molecule has 1 aromatic carbocycles. The summed E-state index contributed by atoms with van der Waals surface area (Å²) in [6, 6.07) is 8.53. The van der Waals surface area contributed by atoms with Gasteiger partial charge in [0.25, 0.3) is 0 Å². The summed E-state index contributed by atoms with van der Waals surface area (Å²) in [6.07, 6.45) is 6.53. The second kappa shape index (κ2) is 6.69. The first-order valence-electron chi connectivity index (χ1n) is 7.15. The number of rotatable bonds is 5. The van der Waals surface area contributed by atoms with Crippen molar-refractivity contribution in [3.8, 4) is 0 Å². The van der Waals surface area contributed by atoms with Crippen molar-refractivity contribution in [3.05, 3.63) is 35.4 Å². The molecule has 2 heteroatoms. The number of carbonyl (C=O) groups is 1. The molecule has 1 fully saturated rings. The van der Waals surface area contributed by atoms with Crippen LogP contribution in [0.2, 0.25) is 0 Å². The molecule has 1 aliphatic rings. The van der Waals surface area contributed by atoms with Crippen LogP contribution >= 0.6 is 0 Å². The Morgan fingerprint density at radius 2 is 2.06 bits per heavy atom. The molecule has 0 amide bonds. The van der Waals surface area contributed by atoms with Crippen LogP contribution in [0.15, 0.2) is 24.3 Å². The second-order valence-electron chi connectivity index (χ2n) is 5.22. The average molecular weight is 245 g/mol. The van der Waals surface area contributed by atoms with Crippen molar-refractivity contribution >= 4 is 5.78 Å². The van der Waals surface area contributed by atoms with Crippen molar-refractivity contribution in [2.24, 2.45) is 0 Å². The number of aryl methyl sites for hydroxylation is 1. The number of hydrogen-bond acceptors (Lipinski definition) is 2. The molecule has 18 heavy (non-hydrogen) atoms. The molecule has 1 unspecified atom stereocenters. The molecule has 0 aromatic heterocycles. The third-order valence-electron chi connectivity index (χ3n) is 3.66. The van der Waals surface area contributed by atoms with E-state index < -0.39 is 0 Å². The lowest BCUT2D eigenvalue weighted by molar-refractivity contribution is 0.0963. The van der Waals surface area contributed by atoms with E-state index in [1.807, 2.05) is 12.1 Å². The Balaban J connectivity index is 1.91. The van der Waals surface area contributed by atoms with Crippen LogP contribution in [-0.4, -0.2) is 18.4 Å². The maximum absolute atomic E-state index is 12.1. The molecule has 2 rings (SSSR count). The predicted octanol–water partition coefficient (Wildman–Crippen LogP) is 3.35. The van der Waals surface area contributed by atoms with Crippen molar-refractivity contribution in [2.75, 3.05) is 6.54 Å². The topological polar surface area (TPSA) is 29.1 Å². The Morgan fingerprint density at radius 1 is 1.28 bits per heavy atom. The van der Waals surface area contributed by atoms with Gasteiger partial charge < -0.3 is 5.32 Å². The zero-order valence-corrected chi connectivity index (χ0v) is 11.2. The van der Waals surface area contributed by atoms with Crippen molar-refractivity contribution in [2.45, 2.75) is 51.5 Å². The van der Waals surface area contributed by atoms with Crippen molar-refractivity contribution in [3.63, 3.8) is 0 Å². The molecule has 1 aromatic rings. The first kappa shape index (κ1) is 13.3. The zero-order valence-electron chi connectivity index (χ0n) is 11.2. The van der Waals surface area contributed by atoms with Crippen LogP contribution in [0.25, 0.3) is 0 Å². The van der Waals surface area contributed by atoms with Crippen molar-refractivity contribution < 1.29 is 4.79 Å². The fourth-order valence-corrected chi connectivity index (χ4v) is 2.59. The van der Waals surface area contributed by atoms with Crippen LogP contribution in [0, 0.1) is 0 Å². The monoisotopic (exact) mass is 245 g/mol. The van der Waals surface area contributed by atoms with E-state index >= 15 is 0 Å². The molecule has 0 radical (unpaired) electrons. The Hall–Kier alpha value is -1.15. The van der Waals surface area contributed by atoms with Gasteiger partial charge in [-0.25, -0.2) is 0 Å². The molecular weight excluding hydrogens is 222 g/mol. The van der Waals surface area contributed by atoms with Crippen LogP contribution in [0.1, 0.15) is 54.9 Å². The van der Waals surface area contributed by atoms with E-state index in [0.29, 0.717) is 12.5 Å². The summed E-state index contributed by atoms with van der Waals surface area (Å²) in [7, 11) is 0. The first-order valence-corrected chi connectivity index (χ1v) is 7.15. The molecular formula is C16H23NO. The standard InChI is InChI=1S/C16H23NO/c1-2-5-13-7-9-14(10-8-13)16(18)12-15-6-3-4-11-17-15/h7-10,15,17H,2-6,11-12H2,1H3. The summed E-state index contributed by atoms with van der Waals surface area (Å²) in [5, 5.41) is 3.43. The van der Waals surface area contributed by atoms with Gasteiger partial charge >= 0.3 is 0 Å². The molecule has 1 N–H and O–H groups in total. The number of hydrogen-bond donors (Lipinski definition) is 1. The Bertz CT molecular complexity index is 377. The minimum atomic E-state index is 0.275. The normalized spacial score (nSPS) is 19.7. The number of benzene rings is 1. The Kier molecular flexibility index (Phi) is 4.94. The zero-order chi connectivity index (χ0) is 12.8. The van der Waals surface area contributed by atoms with E-state index in [-0.39, 0.29) is 5.78 Å². The summed E-state index contributed by atoms with van der Waals surface area (Å²) < 4.78 is 0. The van der Waals surface area contributed by atoms with Gasteiger partial charge in [-0.1, -0.05) is 44.0 Å². The predicted molar refractivity (Wildman–Crippen MR) is 75.0 cm³/mol. The van der Waals surface area contributed by atoms with E-state index in [4.69, 9.17) is 0 Å². The lowest BCUT2D eigenvalue weighted by Crippen LogP contribution is -2.35. The number of nitrogens with one attached hydrogen (secondary N) is 1. The molecule has 1 atom stereocenters. The van der Waals surface area contributed by atoms with Crippen LogP contribution in [0.5, 0.6) is 0 Å². The van der Waals surface area contributed by atoms with Crippen molar-refractivity contribution in [1.29, 1.82) is 0 Å². The molecule has 0 aliphatic carbocycles. The van der Waals surface area contributed by atoms with E-state index in [1.54, 1.807) is 0 Å². The van der Waals surface area contributed by atoms with Crippen LogP contribution in [0.4, 0.5) is 0 Å². The fourth-order valence-electron chi connectivity index (χ4n) is 2.59. The van der Waals surface area contributed by atoms with E-state index in [0.717, 1.165) is 31.4 Å². The highest BCUT2D eigenvalue weighted by Crippen LogP contribution is 2.14. The third kappa shape index (κ3) is 3.67. The Labute approximate surface area is 110 Å². The minimum absolute atomic E-state index is 0.275. The van der Waals surface area contributed by atoms with Gasteiger partial charge in [0.05, 0.1) is 0 Å². The Morgan fingerprint density at radius 3 is 2.67 bits per heavy atom. The average Bonchev–Trinajstić information content (AvgIpc) is 2.41. The molecule has 1 aliphatic heterocycles. The molecule has 0 spiro atoms. The quantitative estimate of drug-likeness (QED) is 0.806. The third-order valence-corrected chi connectivity index (χ3v) is 3.66. The van der Waals surface area contributed by atoms with Gasteiger partial charge in [-0.05, 0) is 31.4 Å².